The fourth-order valence-electron chi connectivity index (χ4n) is 1.89. The SMILES string of the molecule is COC(=O)CN1CC(C)N(C)C(C)C1. The predicted molar refractivity (Wildman–Crippen MR) is 55.1 cm³/mol. The summed E-state index contributed by atoms with van der Waals surface area (Å²) < 4.78 is 4.66. The third-order valence-electron chi connectivity index (χ3n) is 3.02. The number of carbonyl (C=O) groups is 1. The molecule has 1 rings (SSSR count). The van der Waals surface area contributed by atoms with Crippen LogP contribution in [0.4, 0.5) is 0 Å². The van der Waals surface area contributed by atoms with Gasteiger partial charge in [-0.25, -0.2) is 0 Å². The highest BCUT2D eigenvalue weighted by Gasteiger charge is 2.27. The molecule has 2 unspecified atom stereocenters. The molecule has 1 aliphatic rings. The number of nitrogens with zero attached hydrogens (tertiary/aromatic N) is 2. The summed E-state index contributed by atoms with van der Waals surface area (Å²) in [5.41, 5.74) is 0. The zero-order chi connectivity index (χ0) is 10.7. The molecule has 14 heavy (non-hydrogen) atoms. The molecule has 0 aromatic rings. The first-order chi connectivity index (χ1) is 6.54. The Bertz CT molecular complexity index is 196. The van der Waals surface area contributed by atoms with Crippen molar-refractivity contribution in [3.8, 4) is 0 Å². The molecule has 0 aliphatic carbocycles. The van der Waals surface area contributed by atoms with Gasteiger partial charge in [0.1, 0.15) is 0 Å². The van der Waals surface area contributed by atoms with E-state index in [0.717, 1.165) is 13.1 Å². The standard InChI is InChI=1S/C10H20N2O2/c1-8-5-12(7-10(13)14-4)6-9(2)11(8)3/h8-9H,5-7H2,1-4H3. The minimum atomic E-state index is -0.144. The van der Waals surface area contributed by atoms with Gasteiger partial charge in [-0.3, -0.25) is 14.6 Å². The molecule has 1 saturated heterocycles. The van der Waals surface area contributed by atoms with E-state index < -0.39 is 0 Å². The average Bonchev–Trinajstić information content (AvgIpc) is 2.14. The lowest BCUT2D eigenvalue weighted by atomic mass is 10.1. The molecule has 0 amide bonds. The number of carbonyl (C=O) groups excluding carboxylic acids is 1. The van der Waals surface area contributed by atoms with Gasteiger partial charge in [0.05, 0.1) is 13.7 Å². The Balaban J connectivity index is 2.45. The fraction of sp³-hybridized carbons (Fsp3) is 0.900. The molecule has 0 radical (unpaired) electrons. The summed E-state index contributed by atoms with van der Waals surface area (Å²) in [4.78, 5) is 15.6. The third-order valence-corrected chi connectivity index (χ3v) is 3.02. The lowest BCUT2D eigenvalue weighted by Crippen LogP contribution is -2.55. The quantitative estimate of drug-likeness (QED) is 0.595. The summed E-state index contributed by atoms with van der Waals surface area (Å²) >= 11 is 0. The van der Waals surface area contributed by atoms with Crippen LogP contribution in [0.5, 0.6) is 0 Å². The highest BCUT2D eigenvalue weighted by atomic mass is 16.5. The van der Waals surface area contributed by atoms with Crippen molar-refractivity contribution in [2.24, 2.45) is 0 Å². The van der Waals surface area contributed by atoms with Crippen LogP contribution in [0.15, 0.2) is 0 Å². The minimum absolute atomic E-state index is 0.144. The summed E-state index contributed by atoms with van der Waals surface area (Å²) in [5.74, 6) is -0.144. The van der Waals surface area contributed by atoms with E-state index in [9.17, 15) is 4.79 Å². The van der Waals surface area contributed by atoms with Crippen LogP contribution in [0.3, 0.4) is 0 Å². The summed E-state index contributed by atoms with van der Waals surface area (Å²) in [5, 5.41) is 0. The predicted octanol–water partition coefficient (Wildman–Crippen LogP) is 0.184. The van der Waals surface area contributed by atoms with Crippen molar-refractivity contribution in [2.75, 3.05) is 33.8 Å². The highest BCUT2D eigenvalue weighted by Crippen LogP contribution is 2.12. The Labute approximate surface area is 85.8 Å². The van der Waals surface area contributed by atoms with E-state index in [-0.39, 0.29) is 5.97 Å². The second-order valence-electron chi connectivity index (χ2n) is 4.13. The largest absolute Gasteiger partial charge is 0.468 e. The number of esters is 1. The number of hydrogen-bond acceptors (Lipinski definition) is 4. The zero-order valence-corrected chi connectivity index (χ0v) is 9.49. The molecule has 2 atom stereocenters. The van der Waals surface area contributed by atoms with Crippen molar-refractivity contribution in [3.05, 3.63) is 0 Å². The summed E-state index contributed by atoms with van der Waals surface area (Å²) in [6.07, 6.45) is 0. The van der Waals surface area contributed by atoms with Crippen molar-refractivity contribution in [3.63, 3.8) is 0 Å². The van der Waals surface area contributed by atoms with Crippen LogP contribution in [0.2, 0.25) is 0 Å². The van der Waals surface area contributed by atoms with Crippen molar-refractivity contribution in [1.82, 2.24) is 9.80 Å². The summed E-state index contributed by atoms with van der Waals surface area (Å²) in [7, 11) is 3.57. The molecule has 1 aliphatic heterocycles. The van der Waals surface area contributed by atoms with Crippen LogP contribution in [0.25, 0.3) is 0 Å². The van der Waals surface area contributed by atoms with Crippen molar-refractivity contribution >= 4 is 5.97 Å². The molecule has 0 bridgehead atoms. The molecule has 0 saturated carbocycles. The minimum Gasteiger partial charge on any atom is -0.468 e. The molecule has 1 heterocycles. The Morgan fingerprint density at radius 1 is 1.36 bits per heavy atom. The Morgan fingerprint density at radius 2 is 1.86 bits per heavy atom. The van der Waals surface area contributed by atoms with Gasteiger partial charge in [-0.05, 0) is 20.9 Å². The number of likely N-dealkylation sites (N-methyl/N-ethyl adjacent to an activating group) is 1. The van der Waals surface area contributed by atoms with Crippen LogP contribution in [0.1, 0.15) is 13.8 Å². The van der Waals surface area contributed by atoms with E-state index in [1.807, 2.05) is 0 Å². The van der Waals surface area contributed by atoms with Gasteiger partial charge in [-0.1, -0.05) is 0 Å². The first-order valence-corrected chi connectivity index (χ1v) is 5.05. The lowest BCUT2D eigenvalue weighted by molar-refractivity contribution is -0.142. The van der Waals surface area contributed by atoms with Gasteiger partial charge in [0.15, 0.2) is 0 Å². The monoisotopic (exact) mass is 200 g/mol. The van der Waals surface area contributed by atoms with E-state index in [1.165, 1.54) is 7.11 Å². The van der Waals surface area contributed by atoms with Crippen molar-refractivity contribution in [2.45, 2.75) is 25.9 Å². The Hall–Kier alpha value is -0.610. The van der Waals surface area contributed by atoms with Crippen LogP contribution >= 0.6 is 0 Å². The van der Waals surface area contributed by atoms with Gasteiger partial charge >= 0.3 is 5.97 Å². The van der Waals surface area contributed by atoms with E-state index in [2.05, 4.69) is 35.4 Å². The summed E-state index contributed by atoms with van der Waals surface area (Å²) in [6, 6.07) is 1.01. The molecule has 0 aromatic heterocycles. The molecule has 0 spiro atoms. The highest BCUT2D eigenvalue weighted by molar-refractivity contribution is 5.71. The van der Waals surface area contributed by atoms with Gasteiger partial charge in [0.25, 0.3) is 0 Å². The molecule has 4 heteroatoms. The van der Waals surface area contributed by atoms with Crippen molar-refractivity contribution < 1.29 is 9.53 Å². The number of hydrogen-bond donors (Lipinski definition) is 0. The molecule has 0 aromatic carbocycles. The second-order valence-corrected chi connectivity index (χ2v) is 4.13. The maximum absolute atomic E-state index is 11.1. The second kappa shape index (κ2) is 4.75. The normalized spacial score (nSPS) is 30.3. The van der Waals surface area contributed by atoms with E-state index in [1.54, 1.807) is 0 Å². The first-order valence-electron chi connectivity index (χ1n) is 5.05. The van der Waals surface area contributed by atoms with Crippen LogP contribution < -0.4 is 0 Å². The van der Waals surface area contributed by atoms with Gasteiger partial charge < -0.3 is 4.74 Å². The van der Waals surface area contributed by atoms with Crippen LogP contribution in [-0.2, 0) is 9.53 Å². The zero-order valence-electron chi connectivity index (χ0n) is 9.49. The van der Waals surface area contributed by atoms with E-state index >= 15 is 0 Å². The maximum Gasteiger partial charge on any atom is 0.319 e. The van der Waals surface area contributed by atoms with Gasteiger partial charge in [-0.2, -0.15) is 0 Å². The van der Waals surface area contributed by atoms with Crippen LogP contribution in [-0.4, -0.2) is 61.6 Å². The molecule has 0 N–H and O–H groups in total. The molecular formula is C10H20N2O2. The summed E-state index contributed by atoms with van der Waals surface area (Å²) in [6.45, 7) is 6.66. The number of rotatable bonds is 2. The smallest absolute Gasteiger partial charge is 0.319 e. The molecular weight excluding hydrogens is 180 g/mol. The lowest BCUT2D eigenvalue weighted by Gasteiger charge is -2.41. The first kappa shape index (κ1) is 11.5. The number of methoxy groups -OCH3 is 1. The van der Waals surface area contributed by atoms with Crippen LogP contribution in [0, 0.1) is 0 Å². The Kier molecular flexibility index (Phi) is 3.89. The Morgan fingerprint density at radius 3 is 2.29 bits per heavy atom. The van der Waals surface area contributed by atoms with E-state index in [4.69, 9.17) is 0 Å². The van der Waals surface area contributed by atoms with Gasteiger partial charge in [0.2, 0.25) is 0 Å². The molecule has 1 fully saturated rings. The maximum atomic E-state index is 11.1. The van der Waals surface area contributed by atoms with Gasteiger partial charge in [-0.15, -0.1) is 0 Å². The average molecular weight is 200 g/mol. The van der Waals surface area contributed by atoms with Gasteiger partial charge in [0, 0.05) is 25.2 Å². The number of ether oxygens (including phenoxy) is 1. The molecule has 82 valence electrons. The number of piperazine rings is 1. The van der Waals surface area contributed by atoms with Crippen molar-refractivity contribution in [1.29, 1.82) is 0 Å². The molecule has 4 nitrogen and oxygen atoms in total. The third kappa shape index (κ3) is 2.69. The fourth-order valence-corrected chi connectivity index (χ4v) is 1.89. The topological polar surface area (TPSA) is 32.8 Å². The van der Waals surface area contributed by atoms with E-state index in [0.29, 0.717) is 18.6 Å².